The van der Waals surface area contributed by atoms with Crippen LogP contribution in [0.4, 0.5) is 0 Å². The lowest BCUT2D eigenvalue weighted by molar-refractivity contribution is -0.0297. The molecule has 0 saturated carbocycles. The van der Waals surface area contributed by atoms with Crippen molar-refractivity contribution in [1.82, 2.24) is 9.97 Å². The van der Waals surface area contributed by atoms with Crippen LogP contribution < -0.4 is 0 Å². The maximum absolute atomic E-state index is 9.35. The number of aromatic nitrogens is 2. The number of nitriles is 1. The van der Waals surface area contributed by atoms with Crippen LogP contribution in [-0.2, 0) is 10.2 Å². The van der Waals surface area contributed by atoms with Crippen molar-refractivity contribution in [2.24, 2.45) is 0 Å². The molecule has 0 unspecified atom stereocenters. The molecule has 92 valence electrons. The molecule has 1 aliphatic rings. The molecule has 4 heteroatoms. The number of rotatable bonds is 1. The van der Waals surface area contributed by atoms with Crippen molar-refractivity contribution in [3.8, 4) is 6.07 Å². The molecule has 0 spiro atoms. The van der Waals surface area contributed by atoms with Gasteiger partial charge in [0.05, 0.1) is 19.3 Å². The van der Waals surface area contributed by atoms with Crippen LogP contribution in [-0.4, -0.2) is 23.2 Å². The van der Waals surface area contributed by atoms with E-state index in [0.29, 0.717) is 13.2 Å². The number of aromatic amines is 1. The van der Waals surface area contributed by atoms with E-state index in [1.54, 1.807) is 6.20 Å². The summed E-state index contributed by atoms with van der Waals surface area (Å²) < 4.78 is 5.21. The summed E-state index contributed by atoms with van der Waals surface area (Å²) >= 11 is 0. The van der Waals surface area contributed by atoms with Crippen LogP contribution in [0, 0.1) is 11.3 Å². The molecule has 1 fully saturated rings. The smallest absolute Gasteiger partial charge is 0.129 e. The van der Waals surface area contributed by atoms with Gasteiger partial charge in [-0.2, -0.15) is 5.26 Å². The van der Waals surface area contributed by atoms with Gasteiger partial charge in [0.1, 0.15) is 5.41 Å². The monoisotopic (exact) mass is 249 g/mol. The topological polar surface area (TPSA) is 61.7 Å². The van der Waals surface area contributed by atoms with Gasteiger partial charge in [-0.05, 0) is 17.7 Å². The van der Waals surface area contributed by atoms with Crippen LogP contribution in [0.2, 0.25) is 0 Å². The third kappa shape index (κ3) is 1.33. The highest BCUT2D eigenvalue weighted by Gasteiger charge is 2.40. The van der Waals surface area contributed by atoms with Crippen molar-refractivity contribution in [3.05, 3.63) is 42.2 Å². The van der Waals surface area contributed by atoms with Crippen molar-refractivity contribution in [2.45, 2.75) is 5.41 Å². The van der Waals surface area contributed by atoms with E-state index in [9.17, 15) is 5.26 Å². The van der Waals surface area contributed by atoms with Gasteiger partial charge in [-0.3, -0.25) is 4.98 Å². The lowest BCUT2D eigenvalue weighted by Gasteiger charge is -2.35. The van der Waals surface area contributed by atoms with Gasteiger partial charge in [-0.25, -0.2) is 0 Å². The molecule has 0 aliphatic carbocycles. The highest BCUT2D eigenvalue weighted by atomic mass is 16.5. The Balaban J connectivity index is 1.97. The summed E-state index contributed by atoms with van der Waals surface area (Å²) in [5, 5.41) is 11.6. The van der Waals surface area contributed by atoms with Gasteiger partial charge >= 0.3 is 0 Å². The molecule has 3 heterocycles. The summed E-state index contributed by atoms with van der Waals surface area (Å²) in [5.41, 5.74) is 2.66. The third-order valence-electron chi connectivity index (χ3n) is 3.86. The Morgan fingerprint density at radius 1 is 1.21 bits per heavy atom. The van der Waals surface area contributed by atoms with Crippen LogP contribution in [0.3, 0.4) is 0 Å². The molecule has 0 atom stereocenters. The minimum atomic E-state index is -0.469. The first-order valence-electron chi connectivity index (χ1n) is 6.17. The normalized spacial score (nSPS) is 17.2. The Labute approximate surface area is 109 Å². The first-order chi connectivity index (χ1) is 9.32. The van der Waals surface area contributed by atoms with Crippen molar-refractivity contribution in [1.29, 1.82) is 5.26 Å². The Morgan fingerprint density at radius 2 is 2.11 bits per heavy atom. The van der Waals surface area contributed by atoms with Gasteiger partial charge in [0, 0.05) is 34.2 Å². The summed E-state index contributed by atoms with van der Waals surface area (Å²) in [6.07, 6.45) is 3.63. The van der Waals surface area contributed by atoms with Gasteiger partial charge in [0.2, 0.25) is 0 Å². The van der Waals surface area contributed by atoms with Crippen LogP contribution in [0.25, 0.3) is 21.8 Å². The van der Waals surface area contributed by atoms with E-state index in [2.05, 4.69) is 28.2 Å². The first-order valence-corrected chi connectivity index (χ1v) is 6.17. The fourth-order valence-corrected chi connectivity index (χ4v) is 2.65. The molecule has 2 aromatic heterocycles. The number of hydrogen-bond acceptors (Lipinski definition) is 3. The average Bonchev–Trinajstić information content (AvgIpc) is 2.76. The molecule has 1 aromatic carbocycles. The average molecular weight is 249 g/mol. The van der Waals surface area contributed by atoms with Crippen molar-refractivity contribution in [3.63, 3.8) is 0 Å². The van der Waals surface area contributed by atoms with Gasteiger partial charge < -0.3 is 9.72 Å². The number of benzene rings is 1. The van der Waals surface area contributed by atoms with E-state index >= 15 is 0 Å². The molecule has 19 heavy (non-hydrogen) atoms. The second kappa shape index (κ2) is 3.56. The summed E-state index contributed by atoms with van der Waals surface area (Å²) in [6.45, 7) is 0.966. The number of fused-ring (bicyclic) bond motifs is 3. The summed E-state index contributed by atoms with van der Waals surface area (Å²) in [5.74, 6) is 0. The van der Waals surface area contributed by atoms with E-state index in [1.807, 2.05) is 18.3 Å². The molecule has 0 radical (unpaired) electrons. The number of hydrogen-bond donors (Lipinski definition) is 1. The minimum absolute atomic E-state index is 0.469. The molecule has 0 amide bonds. The highest BCUT2D eigenvalue weighted by Crippen LogP contribution is 2.34. The van der Waals surface area contributed by atoms with Crippen LogP contribution in [0.15, 0.2) is 36.7 Å². The second-order valence-corrected chi connectivity index (χ2v) is 4.99. The lowest BCUT2D eigenvalue weighted by Crippen LogP contribution is -2.45. The number of nitrogens with one attached hydrogen (secondary N) is 1. The number of nitrogens with zero attached hydrogens (tertiary/aromatic N) is 2. The fourth-order valence-electron chi connectivity index (χ4n) is 2.65. The predicted molar refractivity (Wildman–Crippen MR) is 71.7 cm³/mol. The van der Waals surface area contributed by atoms with E-state index in [-0.39, 0.29) is 0 Å². The van der Waals surface area contributed by atoms with Gasteiger partial charge in [-0.1, -0.05) is 12.1 Å². The SMILES string of the molecule is N#CC1(c2ccc3c(c2)[nH]c2ccncc23)COC1. The molecule has 1 N–H and O–H groups in total. The number of pyridine rings is 1. The quantitative estimate of drug-likeness (QED) is 0.720. The lowest BCUT2D eigenvalue weighted by atomic mass is 9.80. The molecule has 4 nitrogen and oxygen atoms in total. The molecule has 1 saturated heterocycles. The standard InChI is InChI=1S/C15H11N3O/c16-7-15(8-19-9-15)10-1-2-11-12-6-17-4-3-13(12)18-14(11)5-10/h1-6,18H,8-9H2. The minimum Gasteiger partial charge on any atom is -0.377 e. The maximum Gasteiger partial charge on any atom is 0.129 e. The molecular formula is C15H11N3O. The maximum atomic E-state index is 9.35. The van der Waals surface area contributed by atoms with Crippen LogP contribution >= 0.6 is 0 Å². The van der Waals surface area contributed by atoms with Crippen LogP contribution in [0.1, 0.15) is 5.56 Å². The number of ether oxygens (including phenoxy) is 1. The Morgan fingerprint density at radius 3 is 2.84 bits per heavy atom. The van der Waals surface area contributed by atoms with E-state index < -0.39 is 5.41 Å². The second-order valence-electron chi connectivity index (χ2n) is 4.99. The Bertz CT molecular complexity index is 824. The summed E-state index contributed by atoms with van der Waals surface area (Å²) in [4.78, 5) is 7.53. The van der Waals surface area contributed by atoms with E-state index in [0.717, 1.165) is 27.4 Å². The summed E-state index contributed by atoms with van der Waals surface area (Å²) in [7, 11) is 0. The zero-order valence-corrected chi connectivity index (χ0v) is 10.2. The molecule has 3 aromatic rings. The van der Waals surface area contributed by atoms with Crippen molar-refractivity contribution in [2.75, 3.05) is 13.2 Å². The van der Waals surface area contributed by atoms with Gasteiger partial charge in [0.15, 0.2) is 0 Å². The van der Waals surface area contributed by atoms with Crippen molar-refractivity contribution < 1.29 is 4.74 Å². The third-order valence-corrected chi connectivity index (χ3v) is 3.86. The van der Waals surface area contributed by atoms with E-state index in [4.69, 9.17) is 4.74 Å². The highest BCUT2D eigenvalue weighted by molar-refractivity contribution is 6.06. The van der Waals surface area contributed by atoms with Gasteiger partial charge in [0.25, 0.3) is 0 Å². The summed E-state index contributed by atoms with van der Waals surface area (Å²) in [6, 6.07) is 10.5. The molecule has 4 rings (SSSR count). The first kappa shape index (κ1) is 10.5. The zero-order valence-electron chi connectivity index (χ0n) is 10.2. The molecule has 0 bridgehead atoms. The predicted octanol–water partition coefficient (Wildman–Crippen LogP) is 2.51. The molecule has 1 aliphatic heterocycles. The van der Waals surface area contributed by atoms with E-state index in [1.165, 1.54) is 0 Å². The Hall–Kier alpha value is -2.38. The van der Waals surface area contributed by atoms with Crippen LogP contribution in [0.5, 0.6) is 0 Å². The zero-order chi connectivity index (χ0) is 12.9. The number of H-pyrrole nitrogens is 1. The molecular weight excluding hydrogens is 238 g/mol. The van der Waals surface area contributed by atoms with Gasteiger partial charge in [-0.15, -0.1) is 0 Å². The fraction of sp³-hybridized carbons (Fsp3) is 0.200. The largest absolute Gasteiger partial charge is 0.377 e. The Kier molecular flexibility index (Phi) is 1.97. The van der Waals surface area contributed by atoms with Crippen molar-refractivity contribution >= 4 is 21.8 Å².